The minimum atomic E-state index is -0.940. The number of allylic oxidation sites excluding steroid dienone is 4. The number of hydrogen-bond acceptors (Lipinski definition) is 9. The van der Waals surface area contributed by atoms with Gasteiger partial charge in [-0.15, -0.1) is 11.8 Å². The summed E-state index contributed by atoms with van der Waals surface area (Å²) in [7, 11) is 13.9. The van der Waals surface area contributed by atoms with Crippen LogP contribution >= 0.6 is 11.8 Å². The normalized spacial score (nSPS) is 16.7. The standard InChI is InChI=1S/C20H39N3O3S.C18H35N3O3/c1-10-11-12-15(4)18(26-13-27-9)17(19(24)21-5)23(8)20(25)16(14(2)3)22(6)7;1-9-10-11-13(4)16(22)15(17(23)19-5)21(8)18(24)14(12(2)3)20(6)7/h10-11,14-18H,12-13H2,1-9H3,(H,21,24);9-10,12-16,22H,11H2,1-8H3,(H,19,23)/b11-10+;10-9+. The van der Waals surface area contributed by atoms with Crippen LogP contribution in [-0.4, -0.2) is 153 Å². The Morgan fingerprint density at radius 3 is 1.37 bits per heavy atom. The molecule has 0 spiro atoms. The zero-order valence-corrected chi connectivity index (χ0v) is 35.7. The Hall–Kier alpha value is -2.45. The molecule has 0 heterocycles. The molecule has 0 aromatic carbocycles. The van der Waals surface area contributed by atoms with E-state index in [9.17, 15) is 24.3 Å². The van der Waals surface area contributed by atoms with Crippen molar-refractivity contribution in [3.8, 4) is 0 Å². The Labute approximate surface area is 315 Å². The van der Waals surface area contributed by atoms with Crippen molar-refractivity contribution in [1.29, 1.82) is 0 Å². The molecule has 0 saturated carbocycles. The lowest BCUT2D eigenvalue weighted by Gasteiger charge is -2.39. The van der Waals surface area contributed by atoms with E-state index in [1.54, 1.807) is 37.8 Å². The maximum atomic E-state index is 13.2. The summed E-state index contributed by atoms with van der Waals surface area (Å²) >= 11 is 1.56. The molecule has 0 radical (unpaired) electrons. The molecule has 298 valence electrons. The average Bonchev–Trinajstić information content (AvgIpc) is 3.06. The van der Waals surface area contributed by atoms with Crippen molar-refractivity contribution in [3.05, 3.63) is 24.3 Å². The van der Waals surface area contributed by atoms with E-state index < -0.39 is 24.3 Å². The topological polar surface area (TPSA) is 135 Å². The zero-order valence-electron chi connectivity index (χ0n) is 34.9. The number of nitrogens with zero attached hydrogens (tertiary/aromatic N) is 4. The fourth-order valence-electron chi connectivity index (χ4n) is 6.30. The van der Waals surface area contributed by atoms with Crippen molar-refractivity contribution >= 4 is 35.4 Å². The van der Waals surface area contributed by atoms with E-state index in [4.69, 9.17) is 4.74 Å². The number of amides is 4. The number of hydrogen-bond donors (Lipinski definition) is 3. The third-order valence-corrected chi connectivity index (χ3v) is 9.46. The van der Waals surface area contributed by atoms with Crippen molar-refractivity contribution in [3.63, 3.8) is 0 Å². The molecule has 0 aliphatic rings. The number of ether oxygens (including phenoxy) is 1. The number of aliphatic hydroxyl groups is 1. The summed E-state index contributed by atoms with van der Waals surface area (Å²) in [5.41, 5.74) is 0. The predicted octanol–water partition coefficient (Wildman–Crippen LogP) is 3.56. The van der Waals surface area contributed by atoms with Crippen LogP contribution in [-0.2, 0) is 23.9 Å². The van der Waals surface area contributed by atoms with Gasteiger partial charge in [-0.25, -0.2) is 0 Å². The first-order valence-corrected chi connectivity index (χ1v) is 19.4. The van der Waals surface area contributed by atoms with E-state index in [0.29, 0.717) is 12.4 Å². The van der Waals surface area contributed by atoms with Gasteiger partial charge in [0, 0.05) is 28.2 Å². The molecule has 0 fully saturated rings. The molecule has 0 rings (SSSR count). The van der Waals surface area contributed by atoms with Crippen LogP contribution in [0.1, 0.15) is 68.2 Å². The van der Waals surface area contributed by atoms with Crippen LogP contribution in [0.2, 0.25) is 0 Å². The second-order valence-corrected chi connectivity index (χ2v) is 15.2. The van der Waals surface area contributed by atoms with Crippen molar-refractivity contribution in [2.24, 2.45) is 23.7 Å². The molecule has 4 amide bonds. The second-order valence-electron chi connectivity index (χ2n) is 14.4. The van der Waals surface area contributed by atoms with E-state index in [-0.39, 0.29) is 59.4 Å². The van der Waals surface area contributed by atoms with Crippen LogP contribution in [0.5, 0.6) is 0 Å². The fraction of sp³-hybridized carbons (Fsp3) is 0.789. The highest BCUT2D eigenvalue weighted by atomic mass is 32.2. The SMILES string of the molecule is C/C=C/CC(C)C(O)C(C(=O)NC)N(C)C(=O)C(C(C)C)N(C)C.C/C=C/CC(C)C(OCSC)C(C(=O)NC)N(C)C(=O)C(C(C)C)N(C)C. The number of rotatable bonds is 21. The van der Waals surface area contributed by atoms with Gasteiger partial charge in [0.15, 0.2) is 0 Å². The molecule has 0 saturated heterocycles. The van der Waals surface area contributed by atoms with Crippen LogP contribution < -0.4 is 10.6 Å². The van der Waals surface area contributed by atoms with Crippen LogP contribution in [0.4, 0.5) is 0 Å². The second kappa shape index (κ2) is 26.3. The molecule has 8 atom stereocenters. The molecule has 0 aromatic rings. The fourth-order valence-corrected chi connectivity index (χ4v) is 6.59. The molecule has 13 heteroatoms. The van der Waals surface area contributed by atoms with Crippen molar-refractivity contribution in [2.45, 2.75) is 105 Å². The molecular weight excluding hydrogens is 669 g/mol. The summed E-state index contributed by atoms with van der Waals surface area (Å²) in [6, 6.07) is -2.24. The Morgan fingerprint density at radius 2 is 1.04 bits per heavy atom. The summed E-state index contributed by atoms with van der Waals surface area (Å²) in [6.07, 6.45) is 9.98. The van der Waals surface area contributed by atoms with Gasteiger partial charge < -0.3 is 30.3 Å². The van der Waals surface area contributed by atoms with E-state index >= 15 is 0 Å². The van der Waals surface area contributed by atoms with Gasteiger partial charge in [-0.2, -0.15) is 0 Å². The molecule has 3 N–H and O–H groups in total. The number of carbonyl (C=O) groups is 4. The van der Waals surface area contributed by atoms with Crippen molar-refractivity contribution < 1.29 is 29.0 Å². The van der Waals surface area contributed by atoms with Gasteiger partial charge in [0.1, 0.15) is 12.1 Å². The first-order chi connectivity index (χ1) is 23.7. The van der Waals surface area contributed by atoms with Gasteiger partial charge in [0.05, 0.1) is 30.2 Å². The van der Waals surface area contributed by atoms with E-state index in [2.05, 4.69) is 23.6 Å². The number of carbonyl (C=O) groups excluding carboxylic acids is 4. The smallest absolute Gasteiger partial charge is 0.245 e. The van der Waals surface area contributed by atoms with Crippen LogP contribution in [0.15, 0.2) is 24.3 Å². The lowest BCUT2D eigenvalue weighted by molar-refractivity contribution is -0.150. The summed E-state index contributed by atoms with van der Waals surface area (Å²) in [4.78, 5) is 58.0. The molecule has 12 nitrogen and oxygen atoms in total. The zero-order chi connectivity index (χ0) is 40.2. The Balaban J connectivity index is 0. The van der Waals surface area contributed by atoms with Gasteiger partial charge in [-0.3, -0.25) is 29.0 Å². The molecule has 0 aromatic heterocycles. The summed E-state index contributed by atoms with van der Waals surface area (Å²) in [5.74, 6) is -0.151. The summed E-state index contributed by atoms with van der Waals surface area (Å²) in [6.45, 7) is 15.8. The number of thioether (sulfide) groups is 1. The number of nitrogens with one attached hydrogen (secondary N) is 2. The van der Waals surface area contributed by atoms with E-state index in [1.165, 1.54) is 11.9 Å². The third-order valence-electron chi connectivity index (χ3n) is 9.09. The van der Waals surface area contributed by atoms with Gasteiger partial charge in [0.2, 0.25) is 23.6 Å². The summed E-state index contributed by atoms with van der Waals surface area (Å²) in [5, 5.41) is 16.0. The Morgan fingerprint density at radius 1 is 0.667 bits per heavy atom. The molecule has 0 bridgehead atoms. The molecule has 8 unspecified atom stereocenters. The molecule has 51 heavy (non-hydrogen) atoms. The Bertz CT molecular complexity index is 1070. The maximum Gasteiger partial charge on any atom is 0.245 e. The lowest BCUT2D eigenvalue weighted by atomic mass is 9.91. The highest BCUT2D eigenvalue weighted by molar-refractivity contribution is 7.98. The largest absolute Gasteiger partial charge is 0.390 e. The van der Waals surface area contributed by atoms with Gasteiger partial charge >= 0.3 is 0 Å². The lowest BCUT2D eigenvalue weighted by Crippen LogP contribution is -2.59. The van der Waals surface area contributed by atoms with E-state index in [1.807, 2.05) is 111 Å². The van der Waals surface area contributed by atoms with Gasteiger partial charge in [-0.1, -0.05) is 65.8 Å². The molecule has 0 aliphatic heterocycles. The van der Waals surface area contributed by atoms with E-state index in [0.717, 1.165) is 6.42 Å². The monoisotopic (exact) mass is 743 g/mol. The van der Waals surface area contributed by atoms with Crippen LogP contribution in [0.25, 0.3) is 0 Å². The maximum absolute atomic E-state index is 13.2. The van der Waals surface area contributed by atoms with Crippen LogP contribution in [0.3, 0.4) is 0 Å². The average molecular weight is 743 g/mol. The number of likely N-dealkylation sites (N-methyl/N-ethyl adjacent to an activating group) is 6. The van der Waals surface area contributed by atoms with Gasteiger partial charge in [-0.05, 0) is 84.8 Å². The highest BCUT2D eigenvalue weighted by Gasteiger charge is 2.41. The van der Waals surface area contributed by atoms with Gasteiger partial charge in [0.25, 0.3) is 0 Å². The third kappa shape index (κ3) is 16.4. The first kappa shape index (κ1) is 50.7. The van der Waals surface area contributed by atoms with Crippen LogP contribution in [0, 0.1) is 23.7 Å². The van der Waals surface area contributed by atoms with Crippen molar-refractivity contribution in [1.82, 2.24) is 30.2 Å². The quantitative estimate of drug-likeness (QED) is 0.119. The Kier molecular flexibility index (Phi) is 26.2. The molecule has 0 aliphatic carbocycles. The van der Waals surface area contributed by atoms with Crippen molar-refractivity contribution in [2.75, 3.05) is 68.6 Å². The predicted molar refractivity (Wildman–Crippen MR) is 212 cm³/mol. The minimum Gasteiger partial charge on any atom is -0.390 e. The first-order valence-electron chi connectivity index (χ1n) is 18.0. The summed E-state index contributed by atoms with van der Waals surface area (Å²) < 4.78 is 6.07. The minimum absolute atomic E-state index is 0.0698. The number of aliphatic hydroxyl groups excluding tert-OH is 1. The highest BCUT2D eigenvalue weighted by Crippen LogP contribution is 2.24. The molecular formula is C38H74N6O6S.